The quantitative estimate of drug-likeness (QED) is 0.634. The molecule has 0 aromatic heterocycles. The Morgan fingerprint density at radius 2 is 1.93 bits per heavy atom. The van der Waals surface area contributed by atoms with Crippen molar-refractivity contribution in [3.8, 4) is 0 Å². The average Bonchev–Trinajstić information content (AvgIpc) is 2.18. The molecule has 1 aliphatic rings. The largest absolute Gasteiger partial charge is 0.463 e. The Hall–Kier alpha value is 0.300. The van der Waals surface area contributed by atoms with Crippen LogP contribution in [0.15, 0.2) is 0 Å². The Morgan fingerprint density at radius 1 is 1.33 bits per heavy atom. The van der Waals surface area contributed by atoms with Crippen molar-refractivity contribution in [2.75, 3.05) is 19.7 Å². The number of esters is 1. The zero-order valence-corrected chi connectivity index (χ0v) is 10.5. The van der Waals surface area contributed by atoms with Gasteiger partial charge in [0.15, 0.2) is 0 Å². The Labute approximate surface area is 104 Å². The molecular weight excluding hydrogens is 260 g/mol. The van der Waals surface area contributed by atoms with Gasteiger partial charge in [-0.2, -0.15) is 0 Å². The lowest BCUT2D eigenvalue weighted by Crippen LogP contribution is -2.29. The molecule has 88 valence electrons. The van der Waals surface area contributed by atoms with Gasteiger partial charge in [-0.05, 0) is 38.3 Å². The van der Waals surface area contributed by atoms with E-state index in [1.165, 1.54) is 0 Å². The fourth-order valence-corrected chi connectivity index (χ4v) is 1.73. The molecule has 0 saturated carbocycles. The number of hydrogen-bond donors (Lipinski definition) is 1. The van der Waals surface area contributed by atoms with Crippen LogP contribution in [-0.4, -0.2) is 29.5 Å². The van der Waals surface area contributed by atoms with Gasteiger partial charge >= 0.3 is 5.97 Å². The minimum atomic E-state index is -1.95. The first kappa shape index (κ1) is 13.4. The molecule has 1 heterocycles. The number of hydrogen-bond acceptors (Lipinski definition) is 3. The maximum atomic E-state index is 11.1. The Bertz CT molecular complexity index is 212. The zero-order valence-electron chi connectivity index (χ0n) is 8.27. The van der Waals surface area contributed by atoms with Gasteiger partial charge in [-0.1, -0.05) is 34.8 Å². The first-order valence-electron chi connectivity index (χ1n) is 4.95. The van der Waals surface area contributed by atoms with Crippen LogP contribution in [0.25, 0.3) is 0 Å². The number of piperidine rings is 1. The van der Waals surface area contributed by atoms with Crippen molar-refractivity contribution in [2.45, 2.75) is 23.1 Å². The van der Waals surface area contributed by atoms with Gasteiger partial charge in [0.1, 0.15) is 0 Å². The summed E-state index contributed by atoms with van der Waals surface area (Å²) in [4.78, 5) is 11.1. The van der Waals surface area contributed by atoms with Crippen molar-refractivity contribution in [1.29, 1.82) is 0 Å². The standard InChI is InChI=1S/C9H14Cl3NO2/c10-9(11,12)8(14)15-6-3-7-1-4-13-5-2-7/h7,13H,1-6H2. The maximum absolute atomic E-state index is 11.1. The summed E-state index contributed by atoms with van der Waals surface area (Å²) in [6, 6.07) is 0. The third kappa shape index (κ3) is 5.25. The molecule has 0 atom stereocenters. The second-order valence-corrected chi connectivity index (χ2v) is 5.90. The molecule has 0 amide bonds. The minimum Gasteiger partial charge on any atom is -0.463 e. The van der Waals surface area contributed by atoms with Crippen molar-refractivity contribution in [2.24, 2.45) is 5.92 Å². The first-order valence-corrected chi connectivity index (χ1v) is 6.08. The number of carbonyl (C=O) groups is 1. The fraction of sp³-hybridized carbons (Fsp3) is 0.889. The summed E-state index contributed by atoms with van der Waals surface area (Å²) in [6.07, 6.45) is 3.07. The van der Waals surface area contributed by atoms with Gasteiger partial charge in [0.05, 0.1) is 6.61 Å². The molecular formula is C9H14Cl3NO2. The second kappa shape index (κ2) is 6.14. The van der Waals surface area contributed by atoms with Crippen molar-refractivity contribution >= 4 is 40.8 Å². The van der Waals surface area contributed by atoms with Crippen LogP contribution >= 0.6 is 34.8 Å². The number of nitrogens with one attached hydrogen (secondary N) is 1. The fourth-order valence-electron chi connectivity index (χ4n) is 1.57. The van der Waals surface area contributed by atoms with E-state index in [1.807, 2.05) is 0 Å². The lowest BCUT2D eigenvalue weighted by atomic mass is 9.95. The van der Waals surface area contributed by atoms with E-state index in [0.29, 0.717) is 12.5 Å². The first-order chi connectivity index (χ1) is 7.00. The molecule has 1 aliphatic heterocycles. The average molecular weight is 275 g/mol. The molecule has 15 heavy (non-hydrogen) atoms. The summed E-state index contributed by atoms with van der Waals surface area (Å²) in [5.74, 6) is -0.184. The molecule has 0 aromatic carbocycles. The summed E-state index contributed by atoms with van der Waals surface area (Å²) < 4.78 is 2.90. The van der Waals surface area contributed by atoms with Crippen LogP contribution < -0.4 is 5.32 Å². The molecule has 3 nitrogen and oxygen atoms in total. The zero-order chi connectivity index (χ0) is 11.3. The van der Waals surface area contributed by atoms with Crippen LogP contribution in [0.5, 0.6) is 0 Å². The minimum absolute atomic E-state index is 0.331. The third-order valence-corrected chi connectivity index (χ3v) is 2.91. The molecule has 1 rings (SSSR count). The van der Waals surface area contributed by atoms with Gasteiger partial charge in [0, 0.05) is 0 Å². The third-order valence-electron chi connectivity index (χ3n) is 2.45. The van der Waals surface area contributed by atoms with Crippen molar-refractivity contribution < 1.29 is 9.53 Å². The molecule has 1 N–H and O–H groups in total. The van der Waals surface area contributed by atoms with Gasteiger partial charge in [-0.3, -0.25) is 0 Å². The Balaban J connectivity index is 2.12. The van der Waals surface area contributed by atoms with E-state index < -0.39 is 9.76 Å². The summed E-state index contributed by atoms with van der Waals surface area (Å²) in [5.41, 5.74) is 0. The van der Waals surface area contributed by atoms with Crippen LogP contribution in [-0.2, 0) is 9.53 Å². The van der Waals surface area contributed by atoms with Crippen LogP contribution in [0.2, 0.25) is 0 Å². The van der Waals surface area contributed by atoms with Crippen molar-refractivity contribution in [3.63, 3.8) is 0 Å². The maximum Gasteiger partial charge on any atom is 0.358 e. The van der Waals surface area contributed by atoms with E-state index in [0.717, 1.165) is 32.4 Å². The van der Waals surface area contributed by atoms with Crippen LogP contribution in [0.3, 0.4) is 0 Å². The van der Waals surface area contributed by atoms with Crippen molar-refractivity contribution in [1.82, 2.24) is 5.32 Å². The Kier molecular flexibility index (Phi) is 5.47. The monoisotopic (exact) mass is 273 g/mol. The molecule has 0 aromatic rings. The normalized spacial score (nSPS) is 18.9. The summed E-state index contributed by atoms with van der Waals surface area (Å²) in [6.45, 7) is 2.39. The highest BCUT2D eigenvalue weighted by Crippen LogP contribution is 2.27. The molecule has 0 spiro atoms. The van der Waals surface area contributed by atoms with Gasteiger partial charge in [-0.15, -0.1) is 0 Å². The highest BCUT2D eigenvalue weighted by atomic mass is 35.6. The molecule has 1 saturated heterocycles. The number of rotatable bonds is 3. The number of alkyl halides is 3. The van der Waals surface area contributed by atoms with E-state index >= 15 is 0 Å². The molecule has 0 radical (unpaired) electrons. The van der Waals surface area contributed by atoms with Crippen LogP contribution in [0.4, 0.5) is 0 Å². The van der Waals surface area contributed by atoms with Gasteiger partial charge in [-0.25, -0.2) is 4.79 Å². The Morgan fingerprint density at radius 3 is 2.47 bits per heavy atom. The molecule has 0 bridgehead atoms. The van der Waals surface area contributed by atoms with Crippen LogP contribution in [0.1, 0.15) is 19.3 Å². The highest BCUT2D eigenvalue weighted by molar-refractivity contribution is 6.75. The lowest BCUT2D eigenvalue weighted by Gasteiger charge is -2.22. The summed E-state index contributed by atoms with van der Waals surface area (Å²) in [5, 5.41) is 3.27. The van der Waals surface area contributed by atoms with E-state index in [-0.39, 0.29) is 0 Å². The van der Waals surface area contributed by atoms with Gasteiger partial charge < -0.3 is 10.1 Å². The summed E-state index contributed by atoms with van der Waals surface area (Å²) >= 11 is 16.1. The SMILES string of the molecule is O=C(OCCC1CCNCC1)C(Cl)(Cl)Cl. The van der Waals surface area contributed by atoms with E-state index in [2.05, 4.69) is 5.32 Å². The van der Waals surface area contributed by atoms with E-state index in [4.69, 9.17) is 39.5 Å². The molecule has 6 heteroatoms. The summed E-state index contributed by atoms with van der Waals surface area (Å²) in [7, 11) is 0. The smallest absolute Gasteiger partial charge is 0.358 e. The van der Waals surface area contributed by atoms with Gasteiger partial charge in [0.25, 0.3) is 3.79 Å². The molecule has 1 fully saturated rings. The van der Waals surface area contributed by atoms with Crippen LogP contribution in [0, 0.1) is 5.92 Å². The topological polar surface area (TPSA) is 38.3 Å². The molecule has 0 unspecified atom stereocenters. The van der Waals surface area contributed by atoms with E-state index in [9.17, 15) is 4.79 Å². The number of halogens is 3. The number of ether oxygens (including phenoxy) is 1. The highest BCUT2D eigenvalue weighted by Gasteiger charge is 2.32. The van der Waals surface area contributed by atoms with Crippen molar-refractivity contribution in [3.05, 3.63) is 0 Å². The predicted molar refractivity (Wildman–Crippen MR) is 61.5 cm³/mol. The molecule has 0 aliphatic carbocycles. The van der Waals surface area contributed by atoms with Gasteiger partial charge in [0.2, 0.25) is 0 Å². The number of carbonyl (C=O) groups excluding carboxylic acids is 1. The predicted octanol–water partition coefficient (Wildman–Crippen LogP) is 2.29. The second-order valence-electron chi connectivity index (χ2n) is 3.62. The lowest BCUT2D eigenvalue weighted by molar-refractivity contribution is -0.142. The van der Waals surface area contributed by atoms with E-state index in [1.54, 1.807) is 0 Å².